The van der Waals surface area contributed by atoms with E-state index in [0.29, 0.717) is 4.90 Å². The predicted octanol–water partition coefficient (Wildman–Crippen LogP) is 2.34. The number of thioether (sulfide) groups is 1. The van der Waals surface area contributed by atoms with E-state index >= 15 is 0 Å². The van der Waals surface area contributed by atoms with Crippen LogP contribution in [0.15, 0.2) is 17.0 Å². The summed E-state index contributed by atoms with van der Waals surface area (Å²) in [5.41, 5.74) is 5.37. The van der Waals surface area contributed by atoms with Crippen LogP contribution < -0.4 is 5.73 Å². The summed E-state index contributed by atoms with van der Waals surface area (Å²) in [7, 11) is 0. The van der Waals surface area contributed by atoms with Crippen molar-refractivity contribution < 1.29 is 9.18 Å². The van der Waals surface area contributed by atoms with Gasteiger partial charge in [-0.05, 0) is 18.4 Å². The Morgan fingerprint density at radius 1 is 1.64 bits per heavy atom. The number of Topliss-reactive ketones (excluding diaryl/α,β-unsaturated/α-hetero) is 1. The summed E-state index contributed by atoms with van der Waals surface area (Å²) in [4.78, 5) is 11.5. The Balaban J connectivity index is 3.20. The molecule has 0 aliphatic heterocycles. The van der Waals surface area contributed by atoms with Crippen molar-refractivity contribution in [1.82, 2.24) is 0 Å². The van der Waals surface area contributed by atoms with Crippen LogP contribution in [0.25, 0.3) is 0 Å². The molecule has 76 valence electrons. The first kappa shape index (κ1) is 11.5. The van der Waals surface area contributed by atoms with Gasteiger partial charge in [-0.15, -0.1) is 11.8 Å². The van der Waals surface area contributed by atoms with Crippen molar-refractivity contribution in [3.05, 3.63) is 28.5 Å². The van der Waals surface area contributed by atoms with Crippen molar-refractivity contribution in [2.45, 2.75) is 4.90 Å². The van der Waals surface area contributed by atoms with Gasteiger partial charge in [-0.2, -0.15) is 0 Å². The lowest BCUT2D eigenvalue weighted by Gasteiger charge is -2.05. The molecule has 2 nitrogen and oxygen atoms in total. The van der Waals surface area contributed by atoms with Gasteiger partial charge in [0.1, 0.15) is 5.82 Å². The van der Waals surface area contributed by atoms with E-state index in [0.717, 1.165) is 6.07 Å². The molecular formula is C9H9ClFNOS. The number of ketones is 1. The molecule has 0 aliphatic carbocycles. The number of carbonyl (C=O) groups is 1. The number of halogens is 2. The van der Waals surface area contributed by atoms with Gasteiger partial charge >= 0.3 is 0 Å². The summed E-state index contributed by atoms with van der Waals surface area (Å²) in [6, 6.07) is 2.60. The van der Waals surface area contributed by atoms with E-state index in [2.05, 4.69) is 0 Å². The van der Waals surface area contributed by atoms with Crippen LogP contribution >= 0.6 is 23.4 Å². The average molecular weight is 234 g/mol. The Kier molecular flexibility index (Phi) is 3.92. The van der Waals surface area contributed by atoms with Crippen LogP contribution in [0.1, 0.15) is 10.4 Å². The van der Waals surface area contributed by atoms with Gasteiger partial charge in [0.2, 0.25) is 0 Å². The molecule has 0 atom stereocenters. The van der Waals surface area contributed by atoms with Crippen molar-refractivity contribution in [2.24, 2.45) is 5.73 Å². The Labute approximate surface area is 90.6 Å². The Morgan fingerprint density at radius 2 is 2.29 bits per heavy atom. The maximum absolute atomic E-state index is 13.3. The van der Waals surface area contributed by atoms with Crippen molar-refractivity contribution in [3.8, 4) is 0 Å². The first-order valence-electron chi connectivity index (χ1n) is 3.86. The molecule has 0 saturated heterocycles. The molecule has 0 aliphatic rings. The second-order valence-electron chi connectivity index (χ2n) is 2.60. The molecule has 1 rings (SSSR count). The van der Waals surface area contributed by atoms with E-state index in [-0.39, 0.29) is 22.9 Å². The van der Waals surface area contributed by atoms with Crippen molar-refractivity contribution in [1.29, 1.82) is 0 Å². The molecule has 0 fully saturated rings. The molecule has 0 saturated carbocycles. The Morgan fingerprint density at radius 3 is 2.71 bits per heavy atom. The van der Waals surface area contributed by atoms with Crippen LogP contribution in [0.4, 0.5) is 4.39 Å². The standard InChI is InChI=1S/C9H9ClFNOS/c1-14-9-6(10)2-5(3-7(9)11)8(13)4-12/h2-3H,4,12H2,1H3. The quantitative estimate of drug-likeness (QED) is 0.644. The number of carbonyl (C=O) groups excluding carboxylic acids is 1. The number of nitrogens with two attached hydrogens (primary N) is 1. The van der Waals surface area contributed by atoms with E-state index in [1.165, 1.54) is 17.8 Å². The minimum Gasteiger partial charge on any atom is -0.324 e. The fourth-order valence-electron chi connectivity index (χ4n) is 1.03. The SMILES string of the molecule is CSc1c(F)cc(C(=O)CN)cc1Cl. The molecule has 0 aromatic heterocycles. The highest BCUT2D eigenvalue weighted by Gasteiger charge is 2.12. The van der Waals surface area contributed by atoms with E-state index in [9.17, 15) is 9.18 Å². The molecule has 0 radical (unpaired) electrons. The topological polar surface area (TPSA) is 43.1 Å². The highest BCUT2D eigenvalue weighted by Crippen LogP contribution is 2.29. The highest BCUT2D eigenvalue weighted by molar-refractivity contribution is 7.98. The first-order chi connectivity index (χ1) is 6.60. The molecule has 2 N–H and O–H groups in total. The van der Waals surface area contributed by atoms with Crippen LogP contribution in [0, 0.1) is 5.82 Å². The van der Waals surface area contributed by atoms with Crippen LogP contribution in [0.3, 0.4) is 0 Å². The third-order valence-corrected chi connectivity index (χ3v) is 2.94. The second-order valence-corrected chi connectivity index (χ2v) is 3.82. The Hall–Kier alpha value is -0.580. The molecular weight excluding hydrogens is 225 g/mol. The summed E-state index contributed by atoms with van der Waals surface area (Å²) >= 11 is 6.98. The third-order valence-electron chi connectivity index (χ3n) is 1.71. The van der Waals surface area contributed by atoms with Crippen LogP contribution in [-0.4, -0.2) is 18.6 Å². The van der Waals surface area contributed by atoms with E-state index < -0.39 is 5.82 Å². The van der Waals surface area contributed by atoms with Gasteiger partial charge in [0, 0.05) is 5.56 Å². The fraction of sp³-hybridized carbons (Fsp3) is 0.222. The molecule has 0 unspecified atom stereocenters. The van der Waals surface area contributed by atoms with Gasteiger partial charge in [0.25, 0.3) is 0 Å². The van der Waals surface area contributed by atoms with Crippen molar-refractivity contribution in [2.75, 3.05) is 12.8 Å². The van der Waals surface area contributed by atoms with Crippen LogP contribution in [0.2, 0.25) is 5.02 Å². The van der Waals surface area contributed by atoms with Gasteiger partial charge in [-0.25, -0.2) is 4.39 Å². The zero-order valence-corrected chi connectivity index (χ0v) is 9.08. The van der Waals surface area contributed by atoms with Gasteiger partial charge in [0.05, 0.1) is 16.5 Å². The van der Waals surface area contributed by atoms with Gasteiger partial charge in [-0.3, -0.25) is 4.79 Å². The van der Waals surface area contributed by atoms with E-state index in [1.807, 2.05) is 0 Å². The van der Waals surface area contributed by atoms with E-state index in [4.69, 9.17) is 17.3 Å². The predicted molar refractivity (Wildman–Crippen MR) is 56.6 cm³/mol. The lowest BCUT2D eigenvalue weighted by Crippen LogP contribution is -2.13. The molecule has 14 heavy (non-hydrogen) atoms. The number of rotatable bonds is 3. The number of hydrogen-bond donors (Lipinski definition) is 1. The molecule has 0 heterocycles. The molecule has 5 heteroatoms. The van der Waals surface area contributed by atoms with Crippen molar-refractivity contribution >= 4 is 29.1 Å². The zero-order chi connectivity index (χ0) is 10.7. The monoisotopic (exact) mass is 233 g/mol. The second kappa shape index (κ2) is 4.77. The summed E-state index contributed by atoms with van der Waals surface area (Å²) in [5.74, 6) is -0.805. The van der Waals surface area contributed by atoms with Crippen molar-refractivity contribution in [3.63, 3.8) is 0 Å². The molecule has 0 spiro atoms. The summed E-state index contributed by atoms with van der Waals surface area (Å²) < 4.78 is 13.3. The number of hydrogen-bond acceptors (Lipinski definition) is 3. The minimum absolute atomic E-state index is 0.144. The molecule has 0 bridgehead atoms. The Bertz CT molecular complexity index is 347. The van der Waals surface area contributed by atoms with E-state index in [1.54, 1.807) is 6.26 Å². The maximum atomic E-state index is 13.3. The largest absolute Gasteiger partial charge is 0.324 e. The smallest absolute Gasteiger partial charge is 0.176 e. The lowest BCUT2D eigenvalue weighted by atomic mass is 10.1. The molecule has 0 amide bonds. The summed E-state index contributed by atoms with van der Waals surface area (Å²) in [5, 5.41) is 0.245. The maximum Gasteiger partial charge on any atom is 0.176 e. The first-order valence-corrected chi connectivity index (χ1v) is 5.46. The van der Waals surface area contributed by atoms with Crippen LogP contribution in [-0.2, 0) is 0 Å². The average Bonchev–Trinajstić information content (AvgIpc) is 2.16. The molecule has 1 aromatic rings. The van der Waals surface area contributed by atoms with Gasteiger partial charge in [-0.1, -0.05) is 11.6 Å². The third kappa shape index (κ3) is 2.26. The normalized spacial score (nSPS) is 10.3. The summed E-state index contributed by atoms with van der Waals surface area (Å²) in [6.45, 7) is -0.144. The van der Waals surface area contributed by atoms with Gasteiger partial charge in [0.15, 0.2) is 5.78 Å². The zero-order valence-electron chi connectivity index (χ0n) is 7.51. The lowest BCUT2D eigenvalue weighted by molar-refractivity contribution is 0.100. The fourth-order valence-corrected chi connectivity index (χ4v) is 1.98. The highest BCUT2D eigenvalue weighted by atomic mass is 35.5. The molecule has 1 aromatic carbocycles. The minimum atomic E-state index is -0.484. The van der Waals surface area contributed by atoms with Gasteiger partial charge < -0.3 is 5.73 Å². The van der Waals surface area contributed by atoms with Crippen LogP contribution in [0.5, 0.6) is 0 Å². The summed E-state index contributed by atoms with van der Waals surface area (Å²) in [6.07, 6.45) is 1.72. The number of benzene rings is 1.